The number of hydrogen-bond acceptors (Lipinski definition) is 6. The van der Waals surface area contributed by atoms with E-state index in [2.05, 4.69) is 51.3 Å². The highest BCUT2D eigenvalue weighted by atomic mass is 16.2. The van der Waals surface area contributed by atoms with Gasteiger partial charge in [-0.1, -0.05) is 40.0 Å². The number of nitrogens with zero attached hydrogens (tertiary/aromatic N) is 5. The molecule has 2 heterocycles. The summed E-state index contributed by atoms with van der Waals surface area (Å²) in [7, 11) is 1.83. The molecule has 1 saturated heterocycles. The van der Waals surface area contributed by atoms with E-state index < -0.39 is 0 Å². The second kappa shape index (κ2) is 12.4. The number of hydrogen-bond donors (Lipinski definition) is 2. The molecule has 1 aromatic heterocycles. The molecule has 9 nitrogen and oxygen atoms in total. The van der Waals surface area contributed by atoms with Crippen molar-refractivity contribution >= 4 is 24.2 Å². The van der Waals surface area contributed by atoms with Crippen LogP contribution in [0, 0.1) is 5.92 Å². The number of piperazine rings is 1. The van der Waals surface area contributed by atoms with Gasteiger partial charge in [0.15, 0.2) is 0 Å². The van der Waals surface area contributed by atoms with Gasteiger partial charge in [0.2, 0.25) is 0 Å². The highest BCUT2D eigenvalue weighted by Gasteiger charge is 2.29. The van der Waals surface area contributed by atoms with Crippen LogP contribution >= 0.6 is 0 Å². The molecule has 1 aromatic rings. The van der Waals surface area contributed by atoms with E-state index in [0.29, 0.717) is 24.7 Å². The number of rotatable bonds is 10. The van der Waals surface area contributed by atoms with Gasteiger partial charge in [-0.3, -0.25) is 24.3 Å². The van der Waals surface area contributed by atoms with Crippen molar-refractivity contribution in [2.45, 2.75) is 58.3 Å². The summed E-state index contributed by atoms with van der Waals surface area (Å²) >= 11 is 0. The fraction of sp³-hybridized carbons (Fsp3) is 0.760. The zero-order chi connectivity index (χ0) is 24.6. The van der Waals surface area contributed by atoms with Crippen LogP contribution in [0.5, 0.6) is 0 Å². The molecule has 1 saturated carbocycles. The SMILES string of the molecule is Cn1nc(C(C)(C)C)c(NC=NCCN2CCN(CC=O)CC2)c1C(=O)NCC1CCCCC1. The quantitative estimate of drug-likeness (QED) is 0.308. The first-order chi connectivity index (χ1) is 16.3. The molecule has 34 heavy (non-hydrogen) atoms. The summed E-state index contributed by atoms with van der Waals surface area (Å²) in [6.07, 6.45) is 8.90. The monoisotopic (exact) mass is 473 g/mol. The zero-order valence-corrected chi connectivity index (χ0v) is 21.5. The van der Waals surface area contributed by atoms with Crippen LogP contribution in [0.3, 0.4) is 0 Å². The Labute approximate surface area is 204 Å². The first-order valence-corrected chi connectivity index (χ1v) is 12.8. The van der Waals surface area contributed by atoms with Crippen LogP contribution in [-0.4, -0.2) is 90.5 Å². The molecule has 1 amide bonds. The topological polar surface area (TPSA) is 94.9 Å². The molecule has 0 aromatic carbocycles. The number of anilines is 1. The van der Waals surface area contributed by atoms with Crippen molar-refractivity contribution in [2.24, 2.45) is 18.0 Å². The van der Waals surface area contributed by atoms with E-state index in [-0.39, 0.29) is 11.3 Å². The van der Waals surface area contributed by atoms with Crippen molar-refractivity contribution in [1.29, 1.82) is 0 Å². The maximum Gasteiger partial charge on any atom is 0.271 e. The lowest BCUT2D eigenvalue weighted by atomic mass is 9.89. The molecule has 2 aliphatic rings. The van der Waals surface area contributed by atoms with Crippen molar-refractivity contribution < 1.29 is 9.59 Å². The maximum atomic E-state index is 13.1. The lowest BCUT2D eigenvalue weighted by Gasteiger charge is -2.33. The van der Waals surface area contributed by atoms with Gasteiger partial charge in [-0.25, -0.2) is 0 Å². The molecular formula is C25H43N7O2. The predicted octanol–water partition coefficient (Wildman–Crippen LogP) is 2.28. The Kier molecular flexibility index (Phi) is 9.64. The third kappa shape index (κ3) is 7.37. The lowest BCUT2D eigenvalue weighted by molar-refractivity contribution is -0.109. The molecule has 190 valence electrons. The van der Waals surface area contributed by atoms with Crippen LogP contribution in [0.1, 0.15) is 69.1 Å². The van der Waals surface area contributed by atoms with Crippen LogP contribution in [-0.2, 0) is 17.3 Å². The fourth-order valence-corrected chi connectivity index (χ4v) is 4.83. The Balaban J connectivity index is 1.58. The van der Waals surface area contributed by atoms with Crippen molar-refractivity contribution in [1.82, 2.24) is 24.9 Å². The molecule has 2 N–H and O–H groups in total. The Morgan fingerprint density at radius 3 is 2.44 bits per heavy atom. The van der Waals surface area contributed by atoms with E-state index in [0.717, 1.165) is 56.9 Å². The molecule has 0 radical (unpaired) electrons. The number of aldehydes is 1. The molecule has 2 fully saturated rings. The smallest absolute Gasteiger partial charge is 0.271 e. The summed E-state index contributed by atoms with van der Waals surface area (Å²) in [5, 5.41) is 11.1. The lowest BCUT2D eigenvalue weighted by Crippen LogP contribution is -2.47. The zero-order valence-electron chi connectivity index (χ0n) is 21.5. The minimum Gasteiger partial charge on any atom is -0.350 e. The number of aliphatic imine (C=N–C) groups is 1. The van der Waals surface area contributed by atoms with E-state index in [4.69, 9.17) is 0 Å². The van der Waals surface area contributed by atoms with Crippen LogP contribution < -0.4 is 10.6 Å². The second-order valence-electron chi connectivity index (χ2n) is 10.6. The van der Waals surface area contributed by atoms with Gasteiger partial charge in [-0.05, 0) is 18.8 Å². The van der Waals surface area contributed by atoms with Crippen molar-refractivity contribution in [2.75, 3.05) is 57.7 Å². The Morgan fingerprint density at radius 2 is 1.79 bits per heavy atom. The Hall–Kier alpha value is -2.26. The van der Waals surface area contributed by atoms with Crippen LogP contribution in [0.4, 0.5) is 5.69 Å². The van der Waals surface area contributed by atoms with Gasteiger partial charge in [-0.2, -0.15) is 5.10 Å². The Bertz CT molecular complexity index is 829. The van der Waals surface area contributed by atoms with Crippen LogP contribution in [0.15, 0.2) is 4.99 Å². The van der Waals surface area contributed by atoms with Crippen molar-refractivity contribution in [3.8, 4) is 0 Å². The van der Waals surface area contributed by atoms with E-state index in [1.54, 1.807) is 11.0 Å². The normalized spacial score (nSPS) is 18.9. The second-order valence-corrected chi connectivity index (χ2v) is 10.6. The third-order valence-corrected chi connectivity index (χ3v) is 6.89. The van der Waals surface area contributed by atoms with Crippen LogP contribution in [0.2, 0.25) is 0 Å². The van der Waals surface area contributed by atoms with Crippen molar-refractivity contribution in [3.05, 3.63) is 11.4 Å². The molecular weight excluding hydrogens is 430 g/mol. The minimum atomic E-state index is -0.211. The summed E-state index contributed by atoms with van der Waals surface area (Å²) in [5.74, 6) is 0.492. The van der Waals surface area contributed by atoms with Gasteiger partial charge >= 0.3 is 0 Å². The van der Waals surface area contributed by atoms with Gasteiger partial charge in [0.1, 0.15) is 12.0 Å². The van der Waals surface area contributed by atoms with Gasteiger partial charge in [-0.15, -0.1) is 0 Å². The van der Waals surface area contributed by atoms with E-state index in [1.807, 2.05) is 7.05 Å². The highest BCUT2D eigenvalue weighted by molar-refractivity contribution is 6.01. The van der Waals surface area contributed by atoms with E-state index >= 15 is 0 Å². The predicted molar refractivity (Wildman–Crippen MR) is 137 cm³/mol. The largest absolute Gasteiger partial charge is 0.350 e. The summed E-state index contributed by atoms with van der Waals surface area (Å²) < 4.78 is 1.69. The average Bonchev–Trinajstić information content (AvgIpc) is 3.16. The summed E-state index contributed by atoms with van der Waals surface area (Å²) in [4.78, 5) is 32.9. The molecule has 1 aliphatic carbocycles. The molecule has 0 atom stereocenters. The third-order valence-electron chi connectivity index (χ3n) is 6.89. The molecule has 0 spiro atoms. The highest BCUT2D eigenvalue weighted by Crippen LogP contribution is 2.31. The first kappa shape index (κ1) is 26.3. The average molecular weight is 474 g/mol. The number of carbonyl (C=O) groups is 2. The van der Waals surface area contributed by atoms with Gasteiger partial charge in [0, 0.05) is 51.7 Å². The maximum absolute atomic E-state index is 13.1. The van der Waals surface area contributed by atoms with E-state index in [9.17, 15) is 9.59 Å². The van der Waals surface area contributed by atoms with Crippen molar-refractivity contribution in [3.63, 3.8) is 0 Å². The first-order valence-electron chi connectivity index (χ1n) is 12.8. The summed E-state index contributed by atoms with van der Waals surface area (Å²) in [6, 6.07) is 0. The van der Waals surface area contributed by atoms with Gasteiger partial charge in [0.25, 0.3) is 5.91 Å². The van der Waals surface area contributed by atoms with Gasteiger partial charge < -0.3 is 15.4 Å². The molecule has 0 bridgehead atoms. The number of aryl methyl sites for hydroxylation is 1. The van der Waals surface area contributed by atoms with Gasteiger partial charge in [0.05, 0.1) is 30.8 Å². The molecule has 0 unspecified atom stereocenters. The number of carbonyl (C=O) groups excluding carboxylic acids is 2. The molecule has 1 aliphatic heterocycles. The van der Waals surface area contributed by atoms with Crippen LogP contribution in [0.25, 0.3) is 0 Å². The number of aromatic nitrogens is 2. The molecule has 9 heteroatoms. The van der Waals surface area contributed by atoms with E-state index in [1.165, 1.54) is 32.1 Å². The Morgan fingerprint density at radius 1 is 1.12 bits per heavy atom. The fourth-order valence-electron chi connectivity index (χ4n) is 4.83. The summed E-state index contributed by atoms with van der Waals surface area (Å²) in [6.45, 7) is 12.9. The number of nitrogens with one attached hydrogen (secondary N) is 2. The minimum absolute atomic E-state index is 0.0832. The standard InChI is InChI=1S/C25H43N7O2/c1-25(2,3)23-21(28-19-26-10-11-31-12-14-32(15-13-31)16-17-33)22(30(4)29-23)24(34)27-18-20-8-6-5-7-9-20/h17,19-20H,5-16,18H2,1-4H3,(H,26,28)(H,27,34). The summed E-state index contributed by atoms with van der Waals surface area (Å²) in [5.41, 5.74) is 1.94. The molecule has 3 rings (SSSR count). The number of amides is 1.